The summed E-state index contributed by atoms with van der Waals surface area (Å²) in [5.41, 5.74) is 4.25. The molecule has 2 aliphatic rings. The number of methoxy groups -OCH3 is 1. The van der Waals surface area contributed by atoms with Gasteiger partial charge < -0.3 is 9.64 Å². The zero-order valence-corrected chi connectivity index (χ0v) is 12.1. The Morgan fingerprint density at radius 1 is 1.21 bits per heavy atom. The number of rotatable bonds is 3. The van der Waals surface area contributed by atoms with Crippen molar-refractivity contribution in [1.29, 1.82) is 0 Å². The predicted octanol–water partition coefficient (Wildman–Crippen LogP) is 2.96. The number of hydrogen-bond acceptors (Lipinski definition) is 3. The molecule has 1 saturated carbocycles. The normalized spacial score (nSPS) is 26.2. The Kier molecular flexibility index (Phi) is 3.74. The highest BCUT2D eigenvalue weighted by atomic mass is 16.5. The second-order valence-corrected chi connectivity index (χ2v) is 5.89. The largest absolute Gasteiger partial charge is 0.381 e. The first-order valence-electron chi connectivity index (χ1n) is 7.52. The van der Waals surface area contributed by atoms with Crippen LogP contribution in [0.15, 0.2) is 12.3 Å². The maximum absolute atomic E-state index is 5.47. The molecule has 0 atom stereocenters. The molecular weight excluding hydrogens is 236 g/mol. The quantitative estimate of drug-likeness (QED) is 0.835. The fourth-order valence-electron chi connectivity index (χ4n) is 3.64. The van der Waals surface area contributed by atoms with Crippen LogP contribution in [0.4, 0.5) is 5.69 Å². The van der Waals surface area contributed by atoms with Crippen molar-refractivity contribution in [3.63, 3.8) is 0 Å². The second-order valence-electron chi connectivity index (χ2n) is 5.89. The van der Waals surface area contributed by atoms with E-state index in [0.29, 0.717) is 12.1 Å². The molecule has 0 aliphatic heterocycles. The van der Waals surface area contributed by atoms with E-state index in [1.807, 2.05) is 13.3 Å². The molecular formula is C16H24N2O. The van der Waals surface area contributed by atoms with Crippen LogP contribution >= 0.6 is 0 Å². The first-order valence-corrected chi connectivity index (χ1v) is 7.52. The van der Waals surface area contributed by atoms with Crippen molar-refractivity contribution in [1.82, 2.24) is 4.98 Å². The molecule has 1 fully saturated rings. The Morgan fingerprint density at radius 2 is 2.00 bits per heavy atom. The second kappa shape index (κ2) is 5.49. The van der Waals surface area contributed by atoms with Gasteiger partial charge in [0.05, 0.1) is 6.10 Å². The van der Waals surface area contributed by atoms with Crippen LogP contribution in [0, 0.1) is 0 Å². The first-order chi connectivity index (χ1) is 9.29. The van der Waals surface area contributed by atoms with E-state index in [9.17, 15) is 0 Å². The molecule has 0 N–H and O–H groups in total. The average Bonchev–Trinajstić information content (AvgIpc) is 2.95. The maximum atomic E-state index is 5.47. The van der Waals surface area contributed by atoms with E-state index < -0.39 is 0 Å². The molecule has 0 aromatic carbocycles. The molecule has 0 bridgehead atoms. The minimum absolute atomic E-state index is 0.479. The van der Waals surface area contributed by atoms with Crippen LogP contribution in [0.1, 0.15) is 43.4 Å². The summed E-state index contributed by atoms with van der Waals surface area (Å²) in [5.74, 6) is 0. The minimum Gasteiger partial charge on any atom is -0.381 e. The summed E-state index contributed by atoms with van der Waals surface area (Å²) in [7, 11) is 4.09. The van der Waals surface area contributed by atoms with Gasteiger partial charge in [-0.15, -0.1) is 0 Å². The lowest BCUT2D eigenvalue weighted by Gasteiger charge is -2.36. The molecule has 104 valence electrons. The molecule has 3 rings (SSSR count). The number of fused-ring (bicyclic) bond motifs is 1. The van der Waals surface area contributed by atoms with Crippen LogP contribution in [-0.2, 0) is 17.6 Å². The lowest BCUT2D eigenvalue weighted by atomic mass is 9.91. The van der Waals surface area contributed by atoms with Gasteiger partial charge in [0, 0.05) is 37.8 Å². The summed E-state index contributed by atoms with van der Waals surface area (Å²) < 4.78 is 5.47. The molecule has 2 aliphatic carbocycles. The van der Waals surface area contributed by atoms with Crippen molar-refractivity contribution in [2.75, 3.05) is 19.1 Å². The predicted molar refractivity (Wildman–Crippen MR) is 77.7 cm³/mol. The van der Waals surface area contributed by atoms with Gasteiger partial charge >= 0.3 is 0 Å². The molecule has 3 heteroatoms. The molecule has 3 nitrogen and oxygen atoms in total. The lowest BCUT2D eigenvalue weighted by Crippen LogP contribution is -2.37. The molecule has 0 spiro atoms. The Balaban J connectivity index is 1.74. The Hall–Kier alpha value is -1.09. The third-order valence-electron chi connectivity index (χ3n) is 4.87. The fourth-order valence-corrected chi connectivity index (χ4v) is 3.64. The lowest BCUT2D eigenvalue weighted by molar-refractivity contribution is 0.0660. The van der Waals surface area contributed by atoms with Crippen LogP contribution in [0.5, 0.6) is 0 Å². The number of ether oxygens (including phenoxy) is 1. The smallest absolute Gasteiger partial charge is 0.0572 e. The van der Waals surface area contributed by atoms with Crippen molar-refractivity contribution in [2.45, 2.75) is 57.1 Å². The van der Waals surface area contributed by atoms with Gasteiger partial charge in [0.25, 0.3) is 0 Å². The Morgan fingerprint density at radius 3 is 2.74 bits per heavy atom. The van der Waals surface area contributed by atoms with E-state index in [0.717, 1.165) is 6.42 Å². The molecule has 0 radical (unpaired) electrons. The molecule has 0 amide bonds. The van der Waals surface area contributed by atoms with Crippen molar-refractivity contribution in [3.8, 4) is 0 Å². The number of hydrogen-bond donors (Lipinski definition) is 0. The number of nitrogens with zero attached hydrogens (tertiary/aromatic N) is 2. The van der Waals surface area contributed by atoms with Crippen molar-refractivity contribution in [2.24, 2.45) is 0 Å². The highest BCUT2D eigenvalue weighted by molar-refractivity contribution is 5.56. The summed E-state index contributed by atoms with van der Waals surface area (Å²) >= 11 is 0. The standard InChI is InChI=1S/C16H24N2O/c1-18(12-6-8-13(19-2)9-7-12)16-10-11-17-15-5-3-4-14(15)16/h10-13H,3-9H2,1-2H3. The van der Waals surface area contributed by atoms with Gasteiger partial charge in [-0.2, -0.15) is 0 Å². The third kappa shape index (κ3) is 2.48. The van der Waals surface area contributed by atoms with Crippen molar-refractivity contribution >= 4 is 5.69 Å². The summed E-state index contributed by atoms with van der Waals surface area (Å²) in [6.45, 7) is 0. The van der Waals surface area contributed by atoms with Crippen LogP contribution in [0.2, 0.25) is 0 Å². The third-order valence-corrected chi connectivity index (χ3v) is 4.87. The van der Waals surface area contributed by atoms with Crippen LogP contribution in [-0.4, -0.2) is 31.3 Å². The SMILES string of the molecule is COC1CCC(N(C)c2ccnc3c2CCC3)CC1. The topological polar surface area (TPSA) is 25.4 Å². The van der Waals surface area contributed by atoms with Gasteiger partial charge in [-0.25, -0.2) is 0 Å². The Labute approximate surface area is 116 Å². The summed E-state index contributed by atoms with van der Waals surface area (Å²) in [4.78, 5) is 7.02. The Bertz CT molecular complexity index is 438. The first kappa shape index (κ1) is 12.9. The molecule has 1 aromatic rings. The highest BCUT2D eigenvalue weighted by Crippen LogP contribution is 2.33. The van der Waals surface area contributed by atoms with E-state index >= 15 is 0 Å². The molecule has 0 saturated heterocycles. The van der Waals surface area contributed by atoms with Gasteiger partial charge in [0.15, 0.2) is 0 Å². The van der Waals surface area contributed by atoms with E-state index in [-0.39, 0.29) is 0 Å². The summed E-state index contributed by atoms with van der Waals surface area (Å²) in [6, 6.07) is 2.87. The zero-order chi connectivity index (χ0) is 13.2. The van der Waals surface area contributed by atoms with Gasteiger partial charge in [0.1, 0.15) is 0 Å². The monoisotopic (exact) mass is 260 g/mol. The molecule has 1 aromatic heterocycles. The number of anilines is 1. The van der Waals surface area contributed by atoms with Gasteiger partial charge in [-0.1, -0.05) is 0 Å². The van der Waals surface area contributed by atoms with Gasteiger partial charge in [-0.3, -0.25) is 4.98 Å². The number of aryl methyl sites for hydroxylation is 1. The number of pyridine rings is 1. The van der Waals surface area contributed by atoms with Gasteiger partial charge in [0.2, 0.25) is 0 Å². The van der Waals surface area contributed by atoms with Crippen LogP contribution in [0.25, 0.3) is 0 Å². The number of aromatic nitrogens is 1. The van der Waals surface area contributed by atoms with E-state index in [2.05, 4.69) is 23.0 Å². The highest BCUT2D eigenvalue weighted by Gasteiger charge is 2.26. The van der Waals surface area contributed by atoms with Crippen LogP contribution < -0.4 is 4.90 Å². The minimum atomic E-state index is 0.479. The summed E-state index contributed by atoms with van der Waals surface area (Å²) in [5, 5.41) is 0. The van der Waals surface area contributed by atoms with E-state index in [1.165, 1.54) is 55.5 Å². The molecule has 0 unspecified atom stereocenters. The van der Waals surface area contributed by atoms with Gasteiger partial charge in [-0.05, 0) is 56.6 Å². The van der Waals surface area contributed by atoms with Crippen molar-refractivity contribution < 1.29 is 4.74 Å². The molecule has 19 heavy (non-hydrogen) atoms. The molecule has 1 heterocycles. The maximum Gasteiger partial charge on any atom is 0.0572 e. The van der Waals surface area contributed by atoms with E-state index in [4.69, 9.17) is 4.74 Å². The van der Waals surface area contributed by atoms with E-state index in [1.54, 1.807) is 0 Å². The van der Waals surface area contributed by atoms with Crippen molar-refractivity contribution in [3.05, 3.63) is 23.5 Å². The fraction of sp³-hybridized carbons (Fsp3) is 0.688. The average molecular weight is 260 g/mol. The van der Waals surface area contributed by atoms with Crippen LogP contribution in [0.3, 0.4) is 0 Å². The zero-order valence-electron chi connectivity index (χ0n) is 12.1. The summed E-state index contributed by atoms with van der Waals surface area (Å²) in [6.07, 6.45) is 11.0.